The molecule has 4 rings (SSSR count). The fraction of sp³-hybridized carbons (Fsp3) is 0. The van der Waals surface area contributed by atoms with Gasteiger partial charge in [-0.25, -0.2) is 0 Å². The van der Waals surface area contributed by atoms with E-state index in [1.54, 1.807) is 42.5 Å². The first kappa shape index (κ1) is 15.0. The van der Waals surface area contributed by atoms with E-state index in [1.165, 1.54) is 0 Å². The average molecular weight is 332 g/mol. The lowest BCUT2D eigenvalue weighted by Crippen LogP contribution is -1.98. The number of hydrogen-bond acceptors (Lipinski definition) is 5. The molecule has 0 aliphatic carbocycles. The standard InChI is InChI=1S/C20H16N2O3/c21-14-10-15(25-11-6-2-1-3-7-11)18(22)17-16(14)19(23)12-8-4-5-9-13(12)20(17)24/h1-10,23-24H,21-22H2. The predicted molar refractivity (Wildman–Crippen MR) is 100 cm³/mol. The van der Waals surface area contributed by atoms with E-state index in [-0.39, 0.29) is 28.3 Å². The highest BCUT2D eigenvalue weighted by atomic mass is 16.5. The van der Waals surface area contributed by atoms with Gasteiger partial charge >= 0.3 is 0 Å². The summed E-state index contributed by atoms with van der Waals surface area (Å²) >= 11 is 0. The highest BCUT2D eigenvalue weighted by Gasteiger charge is 2.20. The van der Waals surface area contributed by atoms with Crippen LogP contribution in [0.15, 0.2) is 60.7 Å². The minimum absolute atomic E-state index is 0.0149. The van der Waals surface area contributed by atoms with Crippen LogP contribution in [0.25, 0.3) is 21.5 Å². The van der Waals surface area contributed by atoms with Gasteiger partial charge in [0.1, 0.15) is 17.2 Å². The molecule has 0 saturated heterocycles. The van der Waals surface area contributed by atoms with E-state index in [2.05, 4.69) is 0 Å². The van der Waals surface area contributed by atoms with Crippen LogP contribution >= 0.6 is 0 Å². The zero-order valence-corrected chi connectivity index (χ0v) is 13.2. The number of ether oxygens (including phenoxy) is 1. The van der Waals surface area contributed by atoms with Crippen LogP contribution in [-0.4, -0.2) is 10.2 Å². The molecular weight excluding hydrogens is 316 g/mol. The number of para-hydroxylation sites is 1. The van der Waals surface area contributed by atoms with Crippen molar-refractivity contribution in [2.75, 3.05) is 11.5 Å². The Morgan fingerprint density at radius 2 is 1.28 bits per heavy atom. The van der Waals surface area contributed by atoms with E-state index < -0.39 is 0 Å². The van der Waals surface area contributed by atoms with Gasteiger partial charge in [0.2, 0.25) is 0 Å². The molecule has 0 unspecified atom stereocenters. The average Bonchev–Trinajstić information content (AvgIpc) is 2.63. The van der Waals surface area contributed by atoms with Crippen LogP contribution in [0.4, 0.5) is 11.4 Å². The van der Waals surface area contributed by atoms with Gasteiger partial charge in [0.15, 0.2) is 5.75 Å². The Morgan fingerprint density at radius 1 is 0.720 bits per heavy atom. The number of rotatable bonds is 2. The maximum Gasteiger partial charge on any atom is 0.153 e. The van der Waals surface area contributed by atoms with Crippen LogP contribution in [0.1, 0.15) is 0 Å². The Morgan fingerprint density at radius 3 is 1.92 bits per heavy atom. The number of aromatic hydroxyl groups is 2. The summed E-state index contributed by atoms with van der Waals surface area (Å²) in [5.74, 6) is 0.864. The summed E-state index contributed by atoms with van der Waals surface area (Å²) in [6.45, 7) is 0. The Bertz CT molecular complexity index is 1110. The van der Waals surface area contributed by atoms with E-state index in [0.29, 0.717) is 27.7 Å². The molecule has 4 aromatic rings. The molecule has 0 atom stereocenters. The quantitative estimate of drug-likeness (QED) is 0.248. The monoisotopic (exact) mass is 332 g/mol. The Kier molecular flexibility index (Phi) is 3.28. The zero-order chi connectivity index (χ0) is 17.6. The first-order valence-electron chi connectivity index (χ1n) is 7.75. The maximum absolute atomic E-state index is 10.7. The van der Waals surface area contributed by atoms with Gasteiger partial charge in [-0.1, -0.05) is 42.5 Å². The largest absolute Gasteiger partial charge is 0.507 e. The third kappa shape index (κ3) is 2.25. The molecule has 0 bridgehead atoms. The molecule has 6 N–H and O–H groups in total. The second kappa shape index (κ2) is 5.49. The molecule has 0 fully saturated rings. The van der Waals surface area contributed by atoms with Crippen molar-refractivity contribution in [2.45, 2.75) is 0 Å². The summed E-state index contributed by atoms with van der Waals surface area (Å²) in [4.78, 5) is 0. The van der Waals surface area contributed by atoms with Crippen LogP contribution in [0.5, 0.6) is 23.0 Å². The Balaban J connectivity index is 2.05. The molecule has 0 aromatic heterocycles. The molecule has 0 amide bonds. The van der Waals surface area contributed by atoms with Crippen molar-refractivity contribution in [2.24, 2.45) is 0 Å². The molecule has 0 radical (unpaired) electrons. The number of nitrogen functional groups attached to an aromatic ring is 2. The zero-order valence-electron chi connectivity index (χ0n) is 13.2. The third-order valence-electron chi connectivity index (χ3n) is 4.24. The second-order valence-electron chi connectivity index (χ2n) is 5.79. The van der Waals surface area contributed by atoms with Crippen molar-refractivity contribution in [3.63, 3.8) is 0 Å². The van der Waals surface area contributed by atoms with Gasteiger partial charge < -0.3 is 26.4 Å². The Hall–Kier alpha value is -3.60. The van der Waals surface area contributed by atoms with Gasteiger partial charge in [0.05, 0.1) is 16.5 Å². The van der Waals surface area contributed by atoms with Crippen molar-refractivity contribution in [3.05, 3.63) is 60.7 Å². The van der Waals surface area contributed by atoms with E-state index in [0.717, 1.165) is 0 Å². The highest BCUT2D eigenvalue weighted by molar-refractivity contribution is 6.19. The van der Waals surface area contributed by atoms with Crippen LogP contribution in [0.2, 0.25) is 0 Å². The summed E-state index contributed by atoms with van der Waals surface area (Å²) in [7, 11) is 0. The fourth-order valence-corrected chi connectivity index (χ4v) is 3.06. The van der Waals surface area contributed by atoms with Crippen LogP contribution in [0, 0.1) is 0 Å². The molecule has 0 saturated carbocycles. The Labute approximate surface area is 143 Å². The lowest BCUT2D eigenvalue weighted by Gasteiger charge is -2.16. The second-order valence-corrected chi connectivity index (χ2v) is 5.79. The van der Waals surface area contributed by atoms with E-state index >= 15 is 0 Å². The van der Waals surface area contributed by atoms with E-state index in [9.17, 15) is 10.2 Å². The smallest absolute Gasteiger partial charge is 0.153 e. The van der Waals surface area contributed by atoms with Gasteiger partial charge in [-0.3, -0.25) is 0 Å². The number of benzene rings is 4. The van der Waals surface area contributed by atoms with Crippen LogP contribution < -0.4 is 16.2 Å². The van der Waals surface area contributed by atoms with E-state index in [1.807, 2.05) is 18.2 Å². The minimum atomic E-state index is -0.0360. The van der Waals surface area contributed by atoms with Crippen molar-refractivity contribution < 1.29 is 14.9 Å². The van der Waals surface area contributed by atoms with Crippen LogP contribution in [-0.2, 0) is 0 Å². The molecule has 124 valence electrons. The first-order valence-corrected chi connectivity index (χ1v) is 7.75. The number of fused-ring (bicyclic) bond motifs is 2. The van der Waals surface area contributed by atoms with Crippen molar-refractivity contribution in [1.82, 2.24) is 0 Å². The number of phenols is 2. The normalized spacial score (nSPS) is 11.0. The summed E-state index contributed by atoms with van der Waals surface area (Å²) in [6, 6.07) is 17.7. The molecule has 5 nitrogen and oxygen atoms in total. The van der Waals surface area contributed by atoms with Gasteiger partial charge in [-0.15, -0.1) is 0 Å². The molecule has 5 heteroatoms. The first-order chi connectivity index (χ1) is 12.1. The number of phenolic OH excluding ortho intramolecular Hbond substituents is 2. The molecule has 25 heavy (non-hydrogen) atoms. The topological polar surface area (TPSA) is 102 Å². The maximum atomic E-state index is 10.7. The fourth-order valence-electron chi connectivity index (χ4n) is 3.06. The van der Waals surface area contributed by atoms with Crippen LogP contribution in [0.3, 0.4) is 0 Å². The lowest BCUT2D eigenvalue weighted by atomic mass is 9.98. The number of nitrogens with two attached hydrogens (primary N) is 2. The SMILES string of the molecule is Nc1cc(Oc2ccccc2)c(N)c2c(O)c3ccccc3c(O)c12. The van der Waals surface area contributed by atoms with Crippen molar-refractivity contribution >= 4 is 32.9 Å². The molecule has 4 aromatic carbocycles. The molecular formula is C20H16N2O3. The summed E-state index contributed by atoms with van der Waals surface area (Å²) in [6.07, 6.45) is 0. The summed E-state index contributed by atoms with van der Waals surface area (Å²) in [5, 5.41) is 23.0. The van der Waals surface area contributed by atoms with Gasteiger partial charge in [0, 0.05) is 22.5 Å². The third-order valence-corrected chi connectivity index (χ3v) is 4.24. The predicted octanol–water partition coefficient (Wildman–Crippen LogP) is 4.36. The van der Waals surface area contributed by atoms with E-state index in [4.69, 9.17) is 16.2 Å². The van der Waals surface area contributed by atoms with Gasteiger partial charge in [-0.05, 0) is 12.1 Å². The minimum Gasteiger partial charge on any atom is -0.507 e. The molecule has 0 aliphatic heterocycles. The summed E-state index contributed by atoms with van der Waals surface area (Å²) in [5.41, 5.74) is 12.9. The molecule has 0 heterocycles. The van der Waals surface area contributed by atoms with Gasteiger partial charge in [0.25, 0.3) is 0 Å². The van der Waals surface area contributed by atoms with Crippen molar-refractivity contribution in [1.29, 1.82) is 0 Å². The number of anilines is 2. The molecule has 0 spiro atoms. The number of hydrogen-bond donors (Lipinski definition) is 4. The summed E-state index contributed by atoms with van der Waals surface area (Å²) < 4.78 is 5.81. The van der Waals surface area contributed by atoms with Gasteiger partial charge in [-0.2, -0.15) is 0 Å². The lowest BCUT2D eigenvalue weighted by molar-refractivity contribution is 0.476. The molecule has 0 aliphatic rings. The highest BCUT2D eigenvalue weighted by Crippen LogP contribution is 2.49. The van der Waals surface area contributed by atoms with Crippen molar-refractivity contribution in [3.8, 4) is 23.0 Å².